The van der Waals surface area contributed by atoms with Crippen LogP contribution in [0.2, 0.25) is 0 Å². The van der Waals surface area contributed by atoms with Crippen LogP contribution in [0.3, 0.4) is 0 Å². The molecule has 162 valence electrons. The number of anilines is 1. The molecular weight excluding hydrogens is 408 g/mol. The summed E-state index contributed by atoms with van der Waals surface area (Å²) in [7, 11) is -3.83. The number of carbonyl (C=O) groups excluding carboxylic acids is 1. The van der Waals surface area contributed by atoms with E-state index in [2.05, 4.69) is 10.0 Å². The molecule has 0 bridgehead atoms. The van der Waals surface area contributed by atoms with Gasteiger partial charge in [0, 0.05) is 17.8 Å². The summed E-state index contributed by atoms with van der Waals surface area (Å²) < 4.78 is 28.6. The minimum atomic E-state index is -3.83. The van der Waals surface area contributed by atoms with Crippen LogP contribution < -0.4 is 10.0 Å². The summed E-state index contributed by atoms with van der Waals surface area (Å²) in [6.45, 7) is 8.11. The lowest BCUT2D eigenvalue weighted by atomic mass is 10.0. The third-order valence-corrected chi connectivity index (χ3v) is 6.96. The number of benzene rings is 3. The maximum absolute atomic E-state index is 13.0. The van der Waals surface area contributed by atoms with Crippen molar-refractivity contribution >= 4 is 21.6 Å². The normalized spacial score (nSPS) is 12.3. The fourth-order valence-corrected chi connectivity index (χ4v) is 4.61. The van der Waals surface area contributed by atoms with E-state index in [1.54, 1.807) is 31.2 Å². The van der Waals surface area contributed by atoms with Crippen LogP contribution in [-0.4, -0.2) is 20.9 Å². The molecule has 6 heteroatoms. The summed E-state index contributed by atoms with van der Waals surface area (Å²) in [5.41, 5.74) is 4.60. The van der Waals surface area contributed by atoms with Crippen LogP contribution in [0.4, 0.5) is 5.69 Å². The van der Waals surface area contributed by atoms with Gasteiger partial charge in [-0.15, -0.1) is 0 Å². The number of rotatable bonds is 7. The van der Waals surface area contributed by atoms with Crippen molar-refractivity contribution in [2.24, 2.45) is 0 Å². The molecule has 1 amide bonds. The smallest absolute Gasteiger partial charge is 0.262 e. The lowest BCUT2D eigenvalue weighted by Crippen LogP contribution is -2.28. The van der Waals surface area contributed by atoms with Gasteiger partial charge >= 0.3 is 0 Å². The van der Waals surface area contributed by atoms with Gasteiger partial charge in [0.15, 0.2) is 0 Å². The van der Waals surface area contributed by atoms with E-state index in [1.807, 2.05) is 57.2 Å². The second-order valence-corrected chi connectivity index (χ2v) is 9.56. The predicted molar refractivity (Wildman–Crippen MR) is 125 cm³/mol. The van der Waals surface area contributed by atoms with Crippen molar-refractivity contribution in [1.82, 2.24) is 5.32 Å². The Labute approximate surface area is 184 Å². The van der Waals surface area contributed by atoms with Crippen LogP contribution in [0.15, 0.2) is 71.6 Å². The fraction of sp³-hybridized carbons (Fsp3) is 0.240. The van der Waals surface area contributed by atoms with Crippen molar-refractivity contribution in [3.8, 4) is 0 Å². The van der Waals surface area contributed by atoms with E-state index < -0.39 is 10.0 Å². The Morgan fingerprint density at radius 2 is 1.55 bits per heavy atom. The molecule has 5 nitrogen and oxygen atoms in total. The maximum atomic E-state index is 13.0. The zero-order valence-electron chi connectivity index (χ0n) is 18.3. The first kappa shape index (κ1) is 22.6. The molecule has 3 aromatic carbocycles. The molecule has 0 fully saturated rings. The second-order valence-electron chi connectivity index (χ2n) is 7.91. The van der Waals surface area contributed by atoms with Gasteiger partial charge in [0.1, 0.15) is 0 Å². The largest absolute Gasteiger partial charge is 0.351 e. The summed E-state index contributed by atoms with van der Waals surface area (Å²) >= 11 is 0. The van der Waals surface area contributed by atoms with E-state index in [0.717, 1.165) is 16.7 Å². The molecule has 2 N–H and O–H groups in total. The van der Waals surface area contributed by atoms with E-state index in [9.17, 15) is 13.2 Å². The first-order chi connectivity index (χ1) is 14.7. The Kier molecular flexibility index (Phi) is 6.81. The SMILES string of the molecule is Cc1ccc(NS(=O)(=O)c2cc(C(=O)NC[C@@H](C)c3ccccc3)ccc2C)cc1C. The van der Waals surface area contributed by atoms with E-state index in [0.29, 0.717) is 23.4 Å². The van der Waals surface area contributed by atoms with Crippen molar-refractivity contribution in [2.45, 2.75) is 38.5 Å². The molecular formula is C25H28N2O3S. The minimum absolute atomic E-state index is 0.0921. The lowest BCUT2D eigenvalue weighted by Gasteiger charge is -2.15. The summed E-state index contributed by atoms with van der Waals surface area (Å²) in [5, 5.41) is 2.90. The Bertz CT molecular complexity index is 1190. The highest BCUT2D eigenvalue weighted by atomic mass is 32.2. The number of nitrogens with one attached hydrogen (secondary N) is 2. The molecule has 3 aromatic rings. The maximum Gasteiger partial charge on any atom is 0.262 e. The molecule has 3 rings (SSSR count). The van der Waals surface area contributed by atoms with Crippen LogP contribution in [0, 0.1) is 20.8 Å². The minimum Gasteiger partial charge on any atom is -0.351 e. The van der Waals surface area contributed by atoms with Gasteiger partial charge in [-0.25, -0.2) is 8.42 Å². The highest BCUT2D eigenvalue weighted by Crippen LogP contribution is 2.22. The lowest BCUT2D eigenvalue weighted by molar-refractivity contribution is 0.0951. The van der Waals surface area contributed by atoms with Crippen molar-refractivity contribution in [2.75, 3.05) is 11.3 Å². The third-order valence-electron chi connectivity index (χ3n) is 5.44. The number of hydrogen-bond donors (Lipinski definition) is 2. The van der Waals surface area contributed by atoms with Gasteiger partial charge in [-0.3, -0.25) is 9.52 Å². The molecule has 0 aromatic heterocycles. The summed E-state index contributed by atoms with van der Waals surface area (Å²) in [4.78, 5) is 12.8. The predicted octanol–water partition coefficient (Wildman–Crippen LogP) is 4.95. The molecule has 0 spiro atoms. The Hall–Kier alpha value is -3.12. The van der Waals surface area contributed by atoms with E-state index >= 15 is 0 Å². The molecule has 0 saturated heterocycles. The number of amides is 1. The highest BCUT2D eigenvalue weighted by molar-refractivity contribution is 7.92. The Morgan fingerprint density at radius 3 is 2.23 bits per heavy atom. The zero-order chi connectivity index (χ0) is 22.6. The van der Waals surface area contributed by atoms with Crippen LogP contribution in [-0.2, 0) is 10.0 Å². The standard InChI is InChI=1S/C25H28N2O3S/c1-17-11-13-23(14-19(17)3)27-31(29,30)24-15-22(12-10-18(24)2)25(28)26-16-20(4)21-8-6-5-7-9-21/h5-15,20,27H,16H2,1-4H3,(H,26,28)/t20-/m1/s1. The molecule has 0 saturated carbocycles. The molecule has 0 aliphatic rings. The van der Waals surface area contributed by atoms with Crippen molar-refractivity contribution in [3.05, 3.63) is 94.5 Å². The topological polar surface area (TPSA) is 75.3 Å². The first-order valence-corrected chi connectivity index (χ1v) is 11.7. The highest BCUT2D eigenvalue weighted by Gasteiger charge is 2.20. The van der Waals surface area contributed by atoms with Crippen LogP contribution in [0.1, 0.15) is 45.5 Å². The molecule has 0 heterocycles. The number of sulfonamides is 1. The van der Waals surface area contributed by atoms with Crippen molar-refractivity contribution < 1.29 is 13.2 Å². The number of carbonyl (C=O) groups is 1. The summed E-state index contributed by atoms with van der Waals surface area (Å²) in [5.74, 6) is -0.157. The van der Waals surface area contributed by atoms with E-state index in [1.165, 1.54) is 6.07 Å². The second kappa shape index (κ2) is 9.35. The first-order valence-electron chi connectivity index (χ1n) is 10.2. The number of aryl methyl sites for hydroxylation is 3. The van der Waals surface area contributed by atoms with E-state index in [4.69, 9.17) is 0 Å². The molecule has 0 aliphatic carbocycles. The Balaban J connectivity index is 1.77. The molecule has 0 radical (unpaired) electrons. The number of hydrogen-bond acceptors (Lipinski definition) is 3. The Morgan fingerprint density at radius 1 is 0.871 bits per heavy atom. The quantitative estimate of drug-likeness (QED) is 0.550. The molecule has 1 atom stereocenters. The molecule has 0 unspecified atom stereocenters. The van der Waals surface area contributed by atoms with Gasteiger partial charge in [0.2, 0.25) is 0 Å². The van der Waals surface area contributed by atoms with Gasteiger partial charge in [-0.05, 0) is 73.2 Å². The average Bonchev–Trinajstić information content (AvgIpc) is 2.75. The van der Waals surface area contributed by atoms with Gasteiger partial charge in [-0.2, -0.15) is 0 Å². The van der Waals surface area contributed by atoms with Crippen molar-refractivity contribution in [3.63, 3.8) is 0 Å². The van der Waals surface area contributed by atoms with Gasteiger partial charge in [0.25, 0.3) is 15.9 Å². The monoisotopic (exact) mass is 436 g/mol. The van der Waals surface area contributed by atoms with Gasteiger partial charge < -0.3 is 5.32 Å². The third kappa shape index (κ3) is 5.52. The molecule has 31 heavy (non-hydrogen) atoms. The average molecular weight is 437 g/mol. The van der Waals surface area contributed by atoms with Gasteiger partial charge in [-0.1, -0.05) is 49.4 Å². The van der Waals surface area contributed by atoms with Crippen molar-refractivity contribution in [1.29, 1.82) is 0 Å². The van der Waals surface area contributed by atoms with Crippen LogP contribution in [0.5, 0.6) is 0 Å². The summed E-state index contributed by atoms with van der Waals surface area (Å²) in [6, 6.07) is 20.1. The van der Waals surface area contributed by atoms with E-state index in [-0.39, 0.29) is 16.7 Å². The summed E-state index contributed by atoms with van der Waals surface area (Å²) in [6.07, 6.45) is 0. The van der Waals surface area contributed by atoms with Crippen LogP contribution >= 0.6 is 0 Å². The van der Waals surface area contributed by atoms with Gasteiger partial charge in [0.05, 0.1) is 4.90 Å². The fourth-order valence-electron chi connectivity index (χ4n) is 3.29. The zero-order valence-corrected chi connectivity index (χ0v) is 19.1. The molecule has 0 aliphatic heterocycles. The van der Waals surface area contributed by atoms with Crippen LogP contribution in [0.25, 0.3) is 0 Å².